The smallest absolute Gasteiger partial charge is 0.345 e. The molecule has 0 atom stereocenters. The van der Waals surface area contributed by atoms with Crippen molar-refractivity contribution in [3.63, 3.8) is 0 Å². The molecule has 9 heteroatoms. The van der Waals surface area contributed by atoms with Crippen LogP contribution in [0.15, 0.2) is 24.4 Å². The molecule has 1 aliphatic carbocycles. The number of likely N-dealkylation sites (tertiary alicyclic amines) is 1. The third-order valence-electron chi connectivity index (χ3n) is 6.96. The van der Waals surface area contributed by atoms with E-state index in [0.717, 1.165) is 60.5 Å². The number of alkyl halides is 2. The number of piperidine rings is 1. The number of fused-ring (bicyclic) bond motifs is 1. The van der Waals surface area contributed by atoms with E-state index in [1.165, 1.54) is 0 Å². The Kier molecular flexibility index (Phi) is 6.29. The lowest BCUT2D eigenvalue weighted by Crippen LogP contribution is -2.51. The van der Waals surface area contributed by atoms with Crippen LogP contribution < -0.4 is 5.32 Å². The van der Waals surface area contributed by atoms with Gasteiger partial charge in [-0.1, -0.05) is 11.6 Å². The number of ether oxygens (including phenoxy) is 2. The Morgan fingerprint density at radius 1 is 1.19 bits per heavy atom. The summed E-state index contributed by atoms with van der Waals surface area (Å²) in [7, 11) is 0. The van der Waals surface area contributed by atoms with E-state index in [9.17, 15) is 13.6 Å². The van der Waals surface area contributed by atoms with Crippen LogP contribution in [0.25, 0.3) is 10.8 Å². The number of carbonyl (C=O) groups is 1. The van der Waals surface area contributed by atoms with E-state index in [1.54, 1.807) is 6.20 Å². The molecular weight excluding hydrogens is 440 g/mol. The van der Waals surface area contributed by atoms with E-state index in [-0.39, 0.29) is 11.8 Å². The largest absolute Gasteiger partial charge is 0.378 e. The van der Waals surface area contributed by atoms with Crippen LogP contribution in [0.4, 0.5) is 14.6 Å². The molecule has 1 aromatic heterocycles. The van der Waals surface area contributed by atoms with E-state index in [1.807, 2.05) is 12.1 Å². The van der Waals surface area contributed by atoms with Crippen molar-refractivity contribution in [3.05, 3.63) is 35.0 Å². The molecule has 0 radical (unpaired) electrons. The molecule has 3 fully saturated rings. The molecule has 2 aliphatic heterocycles. The highest BCUT2D eigenvalue weighted by Crippen LogP contribution is 2.37. The third kappa shape index (κ3) is 4.59. The normalized spacial score (nSPS) is 25.0. The zero-order chi connectivity index (χ0) is 22.2. The van der Waals surface area contributed by atoms with Gasteiger partial charge in [0.15, 0.2) is 0 Å². The fraction of sp³-hybridized carbons (Fsp3) is 0.565. The second-order valence-corrected chi connectivity index (χ2v) is 9.38. The Morgan fingerprint density at radius 3 is 2.59 bits per heavy atom. The number of amides is 1. The standard InChI is InChI=1S/C23H26ClF2N3O3/c24-20-8-16-10-27-21(28-22(30)15-5-18(6-15)32-23(25)26)9-14(16)7-19(20)13-1-3-29(4-2-13)17-11-31-12-17/h7-10,13,15,17-18,23H,1-6,11-12H2,(H,27,28,30). The number of pyridine rings is 1. The summed E-state index contributed by atoms with van der Waals surface area (Å²) >= 11 is 6.62. The van der Waals surface area contributed by atoms with Gasteiger partial charge in [-0.2, -0.15) is 8.78 Å². The molecule has 2 saturated heterocycles. The van der Waals surface area contributed by atoms with Crippen molar-refractivity contribution in [2.24, 2.45) is 5.92 Å². The molecule has 2 aromatic rings. The molecule has 1 amide bonds. The maximum absolute atomic E-state index is 12.4. The van der Waals surface area contributed by atoms with Crippen LogP contribution in [-0.2, 0) is 14.3 Å². The molecule has 32 heavy (non-hydrogen) atoms. The molecule has 172 valence electrons. The number of halogens is 3. The number of hydrogen-bond acceptors (Lipinski definition) is 5. The zero-order valence-corrected chi connectivity index (χ0v) is 18.4. The summed E-state index contributed by atoms with van der Waals surface area (Å²) < 4.78 is 34.2. The average Bonchev–Trinajstić information content (AvgIpc) is 2.69. The second kappa shape index (κ2) is 9.17. The van der Waals surface area contributed by atoms with Crippen LogP contribution in [0.5, 0.6) is 0 Å². The van der Waals surface area contributed by atoms with E-state index >= 15 is 0 Å². The number of anilines is 1. The van der Waals surface area contributed by atoms with E-state index in [2.05, 4.69) is 26.0 Å². The van der Waals surface area contributed by atoms with Gasteiger partial charge in [-0.25, -0.2) is 4.98 Å². The topological polar surface area (TPSA) is 63.7 Å². The van der Waals surface area contributed by atoms with Crippen LogP contribution in [0.2, 0.25) is 5.02 Å². The number of rotatable bonds is 6. The molecule has 3 aliphatic rings. The lowest BCUT2D eigenvalue weighted by Gasteiger charge is -2.41. The summed E-state index contributed by atoms with van der Waals surface area (Å²) in [6.45, 7) is 0.963. The Bertz CT molecular complexity index is 990. The van der Waals surface area contributed by atoms with Gasteiger partial charge >= 0.3 is 6.61 Å². The molecule has 0 bridgehead atoms. The van der Waals surface area contributed by atoms with Crippen LogP contribution >= 0.6 is 11.6 Å². The molecular formula is C23H26ClF2N3O3. The predicted molar refractivity (Wildman–Crippen MR) is 117 cm³/mol. The van der Waals surface area contributed by atoms with E-state index in [4.69, 9.17) is 16.3 Å². The Hall–Kier alpha value is -1.87. The summed E-state index contributed by atoms with van der Waals surface area (Å²) in [4.78, 5) is 19.2. The number of hydrogen-bond donors (Lipinski definition) is 1. The zero-order valence-electron chi connectivity index (χ0n) is 17.6. The lowest BCUT2D eigenvalue weighted by molar-refractivity contribution is -0.191. The summed E-state index contributed by atoms with van der Waals surface area (Å²) in [5.74, 6) is 0.307. The minimum absolute atomic E-state index is 0.215. The fourth-order valence-electron chi connectivity index (χ4n) is 4.84. The van der Waals surface area contributed by atoms with Crippen molar-refractivity contribution in [1.82, 2.24) is 9.88 Å². The minimum atomic E-state index is -2.80. The van der Waals surface area contributed by atoms with Crippen molar-refractivity contribution in [2.45, 2.75) is 50.4 Å². The first-order chi connectivity index (χ1) is 15.5. The van der Waals surface area contributed by atoms with E-state index < -0.39 is 12.7 Å². The quantitative estimate of drug-likeness (QED) is 0.684. The highest BCUT2D eigenvalue weighted by atomic mass is 35.5. The third-order valence-corrected chi connectivity index (χ3v) is 7.28. The summed E-state index contributed by atoms with van der Waals surface area (Å²) in [6, 6.07) is 6.46. The van der Waals surface area contributed by atoms with Gasteiger partial charge in [0.05, 0.1) is 25.4 Å². The molecule has 1 saturated carbocycles. The van der Waals surface area contributed by atoms with Crippen LogP contribution in [0.1, 0.15) is 37.2 Å². The molecule has 6 nitrogen and oxygen atoms in total. The van der Waals surface area contributed by atoms with Gasteiger partial charge < -0.3 is 14.8 Å². The highest BCUT2D eigenvalue weighted by molar-refractivity contribution is 6.32. The number of carbonyl (C=O) groups excluding carboxylic acids is 1. The van der Waals surface area contributed by atoms with Crippen molar-refractivity contribution in [3.8, 4) is 0 Å². The molecule has 3 heterocycles. The Balaban J connectivity index is 1.24. The molecule has 0 unspecified atom stereocenters. The first-order valence-electron chi connectivity index (χ1n) is 11.1. The van der Waals surface area contributed by atoms with Crippen molar-refractivity contribution in [2.75, 3.05) is 31.6 Å². The summed E-state index contributed by atoms with van der Waals surface area (Å²) in [6.07, 6.45) is 3.86. The first kappa shape index (κ1) is 21.9. The monoisotopic (exact) mass is 465 g/mol. The van der Waals surface area contributed by atoms with Crippen molar-refractivity contribution >= 4 is 34.1 Å². The highest BCUT2D eigenvalue weighted by Gasteiger charge is 2.37. The van der Waals surface area contributed by atoms with Crippen LogP contribution in [0.3, 0.4) is 0 Å². The number of aromatic nitrogens is 1. The first-order valence-corrected chi connectivity index (χ1v) is 11.5. The number of nitrogens with zero attached hydrogens (tertiary/aromatic N) is 2. The predicted octanol–water partition coefficient (Wildman–Crippen LogP) is 4.42. The average molecular weight is 466 g/mol. The Labute approximate surface area is 190 Å². The molecule has 5 rings (SSSR count). The van der Waals surface area contributed by atoms with Gasteiger partial charge in [0.2, 0.25) is 5.91 Å². The molecule has 1 aromatic carbocycles. The van der Waals surface area contributed by atoms with Gasteiger partial charge in [-0.05, 0) is 73.8 Å². The van der Waals surface area contributed by atoms with Gasteiger partial charge in [0.1, 0.15) is 5.82 Å². The lowest BCUT2D eigenvalue weighted by atomic mass is 9.81. The molecule has 0 spiro atoms. The van der Waals surface area contributed by atoms with E-state index in [0.29, 0.717) is 30.6 Å². The number of nitrogens with one attached hydrogen (secondary N) is 1. The van der Waals surface area contributed by atoms with Crippen LogP contribution in [-0.4, -0.2) is 60.9 Å². The second-order valence-electron chi connectivity index (χ2n) is 8.97. The molecule has 1 N–H and O–H groups in total. The van der Waals surface area contributed by atoms with Gasteiger partial charge in [-0.3, -0.25) is 9.69 Å². The number of benzene rings is 1. The minimum Gasteiger partial charge on any atom is -0.378 e. The van der Waals surface area contributed by atoms with Gasteiger partial charge in [0, 0.05) is 22.5 Å². The van der Waals surface area contributed by atoms with Gasteiger partial charge in [-0.15, -0.1) is 0 Å². The van der Waals surface area contributed by atoms with Crippen LogP contribution in [0, 0.1) is 5.92 Å². The summed E-state index contributed by atoms with van der Waals surface area (Å²) in [5.41, 5.74) is 1.14. The SMILES string of the molecule is O=C(Nc1cc2cc(C3CCN(C4COC4)CC3)c(Cl)cc2cn1)C1CC(OC(F)F)C1. The summed E-state index contributed by atoms with van der Waals surface area (Å²) in [5, 5.41) is 5.44. The maximum Gasteiger partial charge on any atom is 0.345 e. The fourth-order valence-corrected chi connectivity index (χ4v) is 5.17. The van der Waals surface area contributed by atoms with Crippen molar-refractivity contribution < 1.29 is 23.0 Å². The maximum atomic E-state index is 12.4. The van der Waals surface area contributed by atoms with Crippen molar-refractivity contribution in [1.29, 1.82) is 0 Å². The van der Waals surface area contributed by atoms with Gasteiger partial charge in [0.25, 0.3) is 0 Å². The Morgan fingerprint density at radius 2 is 1.94 bits per heavy atom.